The highest BCUT2D eigenvalue weighted by Gasteiger charge is 2.24. The van der Waals surface area contributed by atoms with E-state index in [1.54, 1.807) is 19.3 Å². The van der Waals surface area contributed by atoms with Gasteiger partial charge in [0.2, 0.25) is 5.91 Å². The van der Waals surface area contributed by atoms with Gasteiger partial charge in [-0.25, -0.2) is 0 Å². The maximum absolute atomic E-state index is 12.3. The number of carbonyl (C=O) groups is 1. The summed E-state index contributed by atoms with van der Waals surface area (Å²) < 4.78 is 2.18. The lowest BCUT2D eigenvalue weighted by molar-refractivity contribution is -0.121. The number of hydrogen-bond acceptors (Lipinski definition) is 4. The van der Waals surface area contributed by atoms with Gasteiger partial charge in [-0.1, -0.05) is 11.6 Å². The van der Waals surface area contributed by atoms with Crippen LogP contribution in [0.1, 0.15) is 12.8 Å². The van der Waals surface area contributed by atoms with E-state index in [1.807, 2.05) is 0 Å². The second-order valence-corrected chi connectivity index (χ2v) is 7.27. The third-order valence-corrected chi connectivity index (χ3v) is 5.62. The van der Waals surface area contributed by atoms with Crippen molar-refractivity contribution in [3.05, 3.63) is 27.6 Å². The number of fused-ring (bicyclic) bond motifs is 1. The summed E-state index contributed by atoms with van der Waals surface area (Å²) in [6.45, 7) is 1.88. The molecule has 1 aliphatic heterocycles. The summed E-state index contributed by atoms with van der Waals surface area (Å²) in [7, 11) is 3.74. The first-order valence-electron chi connectivity index (χ1n) is 7.24. The molecule has 1 amide bonds. The number of likely N-dealkylation sites (tertiary alicyclic amines) is 1. The molecule has 1 N–H and O–H groups in total. The SMILES string of the molecule is CN1CCC(C(=O)Nc2cc3c(=O)n(C)cc(Cl)c3s2)CC1. The van der Waals surface area contributed by atoms with E-state index in [0.29, 0.717) is 15.4 Å². The lowest BCUT2D eigenvalue weighted by atomic mass is 9.96. The number of nitrogens with zero attached hydrogens (tertiary/aromatic N) is 2. The number of aromatic nitrogens is 1. The first kappa shape index (κ1) is 15.5. The van der Waals surface area contributed by atoms with E-state index >= 15 is 0 Å². The van der Waals surface area contributed by atoms with E-state index < -0.39 is 0 Å². The molecule has 7 heteroatoms. The highest BCUT2D eigenvalue weighted by Crippen LogP contribution is 2.33. The highest BCUT2D eigenvalue weighted by atomic mass is 35.5. The van der Waals surface area contributed by atoms with Gasteiger partial charge < -0.3 is 14.8 Å². The van der Waals surface area contributed by atoms with Crippen LogP contribution in [0.3, 0.4) is 0 Å². The Morgan fingerprint density at radius 3 is 2.73 bits per heavy atom. The number of carbonyl (C=O) groups excluding carboxylic acids is 1. The molecule has 1 aliphatic rings. The molecule has 0 radical (unpaired) electrons. The molecule has 2 aromatic heterocycles. The summed E-state index contributed by atoms with van der Waals surface area (Å²) >= 11 is 7.53. The molecule has 0 aromatic carbocycles. The van der Waals surface area contributed by atoms with Crippen LogP contribution < -0.4 is 10.9 Å². The number of piperidine rings is 1. The van der Waals surface area contributed by atoms with E-state index in [9.17, 15) is 9.59 Å². The van der Waals surface area contributed by atoms with Crippen LogP contribution in [-0.4, -0.2) is 35.5 Å². The van der Waals surface area contributed by atoms with Gasteiger partial charge in [0.05, 0.1) is 20.1 Å². The van der Waals surface area contributed by atoms with Gasteiger partial charge >= 0.3 is 0 Å². The van der Waals surface area contributed by atoms with Gasteiger partial charge in [0, 0.05) is 19.2 Å². The van der Waals surface area contributed by atoms with E-state index in [0.717, 1.165) is 30.6 Å². The van der Waals surface area contributed by atoms with Crippen molar-refractivity contribution < 1.29 is 4.79 Å². The van der Waals surface area contributed by atoms with Crippen molar-refractivity contribution in [2.24, 2.45) is 13.0 Å². The van der Waals surface area contributed by atoms with E-state index in [1.165, 1.54) is 15.9 Å². The van der Waals surface area contributed by atoms with Crippen molar-refractivity contribution in [2.75, 3.05) is 25.5 Å². The number of aryl methyl sites for hydroxylation is 1. The molecular weight excluding hydrogens is 322 g/mol. The van der Waals surface area contributed by atoms with Crippen molar-refractivity contribution in [3.8, 4) is 0 Å². The summed E-state index contributed by atoms with van der Waals surface area (Å²) in [6.07, 6.45) is 3.34. The van der Waals surface area contributed by atoms with Crippen LogP contribution in [0, 0.1) is 5.92 Å². The van der Waals surface area contributed by atoms with Gasteiger partial charge in [-0.2, -0.15) is 0 Å². The molecule has 1 saturated heterocycles. The molecule has 0 unspecified atom stereocenters. The number of rotatable bonds is 2. The zero-order valence-corrected chi connectivity index (χ0v) is 14.1. The Labute approximate surface area is 137 Å². The standard InChI is InChI=1S/C15H18ClN3O2S/c1-18-5-3-9(4-6-18)14(20)17-12-7-10-13(22-12)11(16)8-19(2)15(10)21/h7-9H,3-6H2,1-2H3,(H,17,20). The normalized spacial score (nSPS) is 17.0. The summed E-state index contributed by atoms with van der Waals surface area (Å²) in [6, 6.07) is 1.72. The number of hydrogen-bond donors (Lipinski definition) is 1. The zero-order chi connectivity index (χ0) is 15.9. The molecule has 3 rings (SSSR count). The maximum Gasteiger partial charge on any atom is 0.259 e. The van der Waals surface area contributed by atoms with Crippen LogP contribution in [0.4, 0.5) is 5.00 Å². The van der Waals surface area contributed by atoms with Crippen LogP contribution in [0.15, 0.2) is 17.1 Å². The monoisotopic (exact) mass is 339 g/mol. The minimum absolute atomic E-state index is 0.0348. The fourth-order valence-corrected chi connectivity index (χ4v) is 4.08. The van der Waals surface area contributed by atoms with Crippen molar-refractivity contribution in [3.63, 3.8) is 0 Å². The van der Waals surface area contributed by atoms with Gasteiger partial charge in [-0.3, -0.25) is 9.59 Å². The summed E-state index contributed by atoms with van der Waals surface area (Å²) in [5.41, 5.74) is -0.101. The predicted molar refractivity (Wildman–Crippen MR) is 90.9 cm³/mol. The Balaban J connectivity index is 1.82. The second-order valence-electron chi connectivity index (χ2n) is 5.81. The Bertz CT molecular complexity index is 775. The summed E-state index contributed by atoms with van der Waals surface area (Å²) in [5, 5.41) is 4.71. The van der Waals surface area contributed by atoms with Gasteiger partial charge in [0.25, 0.3) is 5.56 Å². The molecular formula is C15H18ClN3O2S. The summed E-state index contributed by atoms with van der Waals surface area (Å²) in [5.74, 6) is 0.0762. The minimum atomic E-state index is -0.101. The van der Waals surface area contributed by atoms with Gasteiger partial charge in [0.1, 0.15) is 0 Å². The molecule has 0 bridgehead atoms. The van der Waals surface area contributed by atoms with Gasteiger partial charge in [-0.15, -0.1) is 11.3 Å². The van der Waals surface area contributed by atoms with E-state index in [2.05, 4.69) is 17.3 Å². The molecule has 118 valence electrons. The molecule has 0 atom stereocenters. The number of thiophene rings is 1. The molecule has 3 heterocycles. The number of pyridine rings is 1. The average molecular weight is 340 g/mol. The van der Waals surface area contributed by atoms with Crippen LogP contribution in [0.5, 0.6) is 0 Å². The highest BCUT2D eigenvalue weighted by molar-refractivity contribution is 7.23. The smallest absolute Gasteiger partial charge is 0.259 e. The Morgan fingerprint density at radius 2 is 2.05 bits per heavy atom. The Morgan fingerprint density at radius 1 is 1.36 bits per heavy atom. The quantitative estimate of drug-likeness (QED) is 0.914. The largest absolute Gasteiger partial charge is 0.317 e. The van der Waals surface area contributed by atoms with Crippen molar-refractivity contribution in [2.45, 2.75) is 12.8 Å². The van der Waals surface area contributed by atoms with Crippen molar-refractivity contribution in [1.29, 1.82) is 0 Å². The average Bonchev–Trinajstić information content (AvgIpc) is 2.90. The van der Waals surface area contributed by atoms with Gasteiger partial charge in [-0.05, 0) is 39.0 Å². The van der Waals surface area contributed by atoms with Crippen molar-refractivity contribution >= 4 is 43.9 Å². The molecule has 2 aromatic rings. The first-order chi connectivity index (χ1) is 10.5. The number of amides is 1. The molecule has 0 spiro atoms. The third-order valence-electron chi connectivity index (χ3n) is 4.14. The van der Waals surface area contributed by atoms with E-state index in [4.69, 9.17) is 11.6 Å². The minimum Gasteiger partial charge on any atom is -0.317 e. The Hall–Kier alpha value is -1.37. The lowest BCUT2D eigenvalue weighted by Crippen LogP contribution is -2.35. The van der Waals surface area contributed by atoms with E-state index in [-0.39, 0.29) is 17.4 Å². The van der Waals surface area contributed by atoms with Crippen LogP contribution in [-0.2, 0) is 11.8 Å². The predicted octanol–water partition coefficient (Wildman–Crippen LogP) is 2.53. The first-order valence-corrected chi connectivity index (χ1v) is 8.43. The third kappa shape index (κ3) is 2.91. The lowest BCUT2D eigenvalue weighted by Gasteiger charge is -2.27. The van der Waals surface area contributed by atoms with Crippen LogP contribution >= 0.6 is 22.9 Å². The zero-order valence-electron chi connectivity index (χ0n) is 12.6. The molecule has 1 fully saturated rings. The molecule has 0 aliphatic carbocycles. The maximum atomic E-state index is 12.3. The number of nitrogens with one attached hydrogen (secondary N) is 1. The molecule has 0 saturated carbocycles. The van der Waals surface area contributed by atoms with Crippen molar-refractivity contribution in [1.82, 2.24) is 9.47 Å². The topological polar surface area (TPSA) is 54.3 Å². The summed E-state index contributed by atoms with van der Waals surface area (Å²) in [4.78, 5) is 26.7. The van der Waals surface area contributed by atoms with Crippen LogP contribution in [0.2, 0.25) is 5.02 Å². The fourth-order valence-electron chi connectivity index (χ4n) is 2.76. The number of anilines is 1. The Kier molecular flexibility index (Phi) is 4.25. The van der Waals surface area contributed by atoms with Gasteiger partial charge in [0.15, 0.2) is 0 Å². The molecule has 5 nitrogen and oxygen atoms in total. The van der Waals surface area contributed by atoms with Crippen LogP contribution in [0.25, 0.3) is 10.1 Å². The second kappa shape index (κ2) is 6.02. The fraction of sp³-hybridized carbons (Fsp3) is 0.467. The number of halogens is 1. The molecule has 22 heavy (non-hydrogen) atoms.